The monoisotopic (exact) mass is 482 g/mol. The number of fused-ring (bicyclic) bond motifs is 1. The Bertz CT molecular complexity index is 1470. The van der Waals surface area contributed by atoms with Crippen molar-refractivity contribution in [2.24, 2.45) is 0 Å². The molecule has 1 atom stereocenters. The van der Waals surface area contributed by atoms with Crippen LogP contribution in [0.1, 0.15) is 33.1 Å². The molecule has 10 nitrogen and oxygen atoms in total. The number of H-pyrrole nitrogens is 1. The van der Waals surface area contributed by atoms with E-state index in [9.17, 15) is 14.0 Å². The van der Waals surface area contributed by atoms with Crippen LogP contribution in [0, 0.1) is 5.82 Å². The predicted molar refractivity (Wildman–Crippen MR) is 128 cm³/mol. The van der Waals surface area contributed by atoms with E-state index in [-0.39, 0.29) is 23.1 Å². The number of aromatic nitrogens is 5. The molecular weight excluding hydrogens is 455 g/mol. The quantitative estimate of drug-likeness (QED) is 0.411. The van der Waals surface area contributed by atoms with Gasteiger partial charge in [0.2, 0.25) is 5.76 Å². The highest BCUT2D eigenvalue weighted by atomic mass is 19.1. The molecule has 3 aromatic heterocycles. The summed E-state index contributed by atoms with van der Waals surface area (Å²) in [5.41, 5.74) is 0.588. The van der Waals surface area contributed by atoms with E-state index in [1.54, 1.807) is 12.1 Å². The molecule has 4 aromatic rings. The lowest BCUT2D eigenvalue weighted by atomic mass is 10.3. The van der Waals surface area contributed by atoms with E-state index in [1.807, 2.05) is 19.9 Å². The second kappa shape index (κ2) is 9.40. The summed E-state index contributed by atoms with van der Waals surface area (Å²) in [7, 11) is 0. The number of benzene rings is 1. The molecule has 1 unspecified atom stereocenters. The first-order valence-corrected chi connectivity index (χ1v) is 11.9. The number of aromatic amines is 1. The Morgan fingerprint density at radius 2 is 1.97 bits per heavy atom. The Morgan fingerprint density at radius 1 is 1.17 bits per heavy atom. The van der Waals surface area contributed by atoms with E-state index in [0.29, 0.717) is 49.2 Å². The smallest absolute Gasteiger partial charge is 0.332 e. The molecule has 0 saturated carbocycles. The Kier molecular flexibility index (Phi) is 6.14. The summed E-state index contributed by atoms with van der Waals surface area (Å²) in [5, 5.41) is 4.00. The van der Waals surface area contributed by atoms with E-state index in [4.69, 9.17) is 9.26 Å². The number of aryl methyl sites for hydroxylation is 1. The zero-order valence-corrected chi connectivity index (χ0v) is 19.7. The summed E-state index contributed by atoms with van der Waals surface area (Å²) in [6, 6.07) is 8.09. The molecule has 4 heterocycles. The van der Waals surface area contributed by atoms with Gasteiger partial charge in [0.15, 0.2) is 17.0 Å². The molecule has 184 valence electrons. The number of nitrogens with one attached hydrogen (secondary N) is 1. The van der Waals surface area contributed by atoms with Crippen molar-refractivity contribution in [2.45, 2.75) is 52.3 Å². The van der Waals surface area contributed by atoms with Crippen LogP contribution in [-0.4, -0.2) is 43.5 Å². The fraction of sp³-hybridized carbons (Fsp3) is 0.417. The SMILES string of the molecule is CCCn1c(=O)c2[nH]c(-c3cc(OC4CCN(c5cccc(F)c5)C4)no3)nc2n(CCC)c1=O. The molecule has 11 heteroatoms. The molecule has 0 radical (unpaired) electrons. The lowest BCUT2D eigenvalue weighted by Crippen LogP contribution is -2.40. The van der Waals surface area contributed by atoms with Crippen molar-refractivity contribution in [3.63, 3.8) is 0 Å². The van der Waals surface area contributed by atoms with E-state index in [1.165, 1.54) is 21.3 Å². The molecule has 1 aliphatic heterocycles. The highest BCUT2D eigenvalue weighted by molar-refractivity contribution is 5.74. The van der Waals surface area contributed by atoms with Crippen molar-refractivity contribution in [2.75, 3.05) is 18.0 Å². The number of hydrogen-bond acceptors (Lipinski definition) is 7. The fourth-order valence-electron chi connectivity index (χ4n) is 4.46. The molecule has 1 aliphatic rings. The van der Waals surface area contributed by atoms with Crippen molar-refractivity contribution in [1.29, 1.82) is 0 Å². The van der Waals surface area contributed by atoms with Crippen LogP contribution in [0.5, 0.6) is 5.88 Å². The third-order valence-corrected chi connectivity index (χ3v) is 6.08. The lowest BCUT2D eigenvalue weighted by molar-refractivity contribution is 0.203. The molecule has 0 bridgehead atoms. The van der Waals surface area contributed by atoms with Gasteiger partial charge in [-0.15, -0.1) is 0 Å². The summed E-state index contributed by atoms with van der Waals surface area (Å²) >= 11 is 0. The molecule has 5 rings (SSSR count). The minimum atomic E-state index is -0.405. The largest absolute Gasteiger partial charge is 0.470 e. The second-order valence-electron chi connectivity index (χ2n) is 8.66. The number of halogens is 1. The number of anilines is 1. The highest BCUT2D eigenvalue weighted by Crippen LogP contribution is 2.27. The predicted octanol–water partition coefficient (Wildman–Crippen LogP) is 3.16. The van der Waals surface area contributed by atoms with Gasteiger partial charge in [-0.2, -0.15) is 0 Å². The number of ether oxygens (including phenoxy) is 1. The average molecular weight is 483 g/mol. The zero-order valence-electron chi connectivity index (χ0n) is 19.7. The van der Waals surface area contributed by atoms with Crippen LogP contribution in [0.4, 0.5) is 10.1 Å². The summed E-state index contributed by atoms with van der Waals surface area (Å²) < 4.78 is 27.7. The number of hydrogen-bond donors (Lipinski definition) is 1. The topological polar surface area (TPSA) is 111 Å². The molecule has 35 heavy (non-hydrogen) atoms. The maximum absolute atomic E-state index is 13.6. The average Bonchev–Trinajstić information content (AvgIpc) is 3.60. The maximum atomic E-state index is 13.6. The van der Waals surface area contributed by atoms with Crippen molar-refractivity contribution in [3.8, 4) is 17.5 Å². The third-order valence-electron chi connectivity index (χ3n) is 6.08. The highest BCUT2D eigenvalue weighted by Gasteiger charge is 2.26. The number of imidazole rings is 1. The Labute approximate surface area is 199 Å². The van der Waals surface area contributed by atoms with Crippen LogP contribution in [0.2, 0.25) is 0 Å². The van der Waals surface area contributed by atoms with Gasteiger partial charge in [0.1, 0.15) is 11.9 Å². The van der Waals surface area contributed by atoms with Crippen LogP contribution in [0.15, 0.2) is 44.4 Å². The first-order valence-electron chi connectivity index (χ1n) is 11.9. The fourth-order valence-corrected chi connectivity index (χ4v) is 4.46. The van der Waals surface area contributed by atoms with Gasteiger partial charge in [0.25, 0.3) is 11.4 Å². The van der Waals surface area contributed by atoms with Crippen molar-refractivity contribution in [1.82, 2.24) is 24.3 Å². The molecule has 0 amide bonds. The summed E-state index contributed by atoms with van der Waals surface area (Å²) in [5.74, 6) is 0.615. The van der Waals surface area contributed by atoms with Crippen LogP contribution < -0.4 is 20.9 Å². The van der Waals surface area contributed by atoms with Crippen molar-refractivity contribution < 1.29 is 13.7 Å². The second-order valence-corrected chi connectivity index (χ2v) is 8.66. The van der Waals surface area contributed by atoms with Gasteiger partial charge in [-0.3, -0.25) is 13.9 Å². The van der Waals surface area contributed by atoms with E-state index >= 15 is 0 Å². The van der Waals surface area contributed by atoms with Gasteiger partial charge in [-0.1, -0.05) is 19.9 Å². The van der Waals surface area contributed by atoms with E-state index < -0.39 is 5.56 Å². The van der Waals surface area contributed by atoms with Crippen molar-refractivity contribution >= 4 is 16.9 Å². The van der Waals surface area contributed by atoms with E-state index in [2.05, 4.69) is 20.0 Å². The molecule has 0 spiro atoms. The summed E-state index contributed by atoms with van der Waals surface area (Å²) in [6.45, 7) is 5.98. The minimum absolute atomic E-state index is 0.136. The Morgan fingerprint density at radius 3 is 2.74 bits per heavy atom. The number of nitrogens with zero attached hydrogens (tertiary/aromatic N) is 5. The van der Waals surface area contributed by atoms with Crippen LogP contribution in [-0.2, 0) is 13.1 Å². The lowest BCUT2D eigenvalue weighted by Gasteiger charge is -2.18. The van der Waals surface area contributed by atoms with Gasteiger partial charge >= 0.3 is 5.69 Å². The Hall–Kier alpha value is -3.89. The van der Waals surface area contributed by atoms with Gasteiger partial charge in [0, 0.05) is 31.7 Å². The zero-order chi connectivity index (χ0) is 24.5. The standard InChI is InChI=1S/C24H27FN6O4/c1-3-9-30-22-20(23(32)31(10-4-2)24(30)33)26-21(27-22)18-13-19(28-35-18)34-17-8-11-29(14-17)16-7-5-6-15(25)12-16/h5-7,12-13,17H,3-4,8-11,14H2,1-2H3,(H,26,27). The van der Waals surface area contributed by atoms with Crippen LogP contribution >= 0.6 is 0 Å². The summed E-state index contributed by atoms with van der Waals surface area (Å²) in [4.78, 5) is 35.3. The third kappa shape index (κ3) is 4.33. The van der Waals surface area contributed by atoms with Crippen LogP contribution in [0.25, 0.3) is 22.7 Å². The van der Waals surface area contributed by atoms with Crippen molar-refractivity contribution in [3.05, 3.63) is 57.0 Å². The first-order chi connectivity index (χ1) is 17.0. The van der Waals surface area contributed by atoms with Gasteiger partial charge < -0.3 is 19.1 Å². The maximum Gasteiger partial charge on any atom is 0.332 e. The molecule has 1 fully saturated rings. The normalized spacial score (nSPS) is 15.9. The number of rotatable bonds is 8. The van der Waals surface area contributed by atoms with Gasteiger partial charge in [-0.25, -0.2) is 14.2 Å². The van der Waals surface area contributed by atoms with Gasteiger partial charge in [0.05, 0.1) is 12.6 Å². The molecule has 0 aliphatic carbocycles. The Balaban J connectivity index is 1.38. The first kappa shape index (κ1) is 22.9. The van der Waals surface area contributed by atoms with Crippen LogP contribution in [0.3, 0.4) is 0 Å². The molecule has 1 N–H and O–H groups in total. The molecular formula is C24H27FN6O4. The molecule has 1 saturated heterocycles. The summed E-state index contributed by atoms with van der Waals surface area (Å²) in [6.07, 6.45) is 2.00. The molecule has 1 aromatic carbocycles. The van der Waals surface area contributed by atoms with E-state index in [0.717, 1.165) is 25.1 Å². The minimum Gasteiger partial charge on any atom is -0.470 e. The van der Waals surface area contributed by atoms with Gasteiger partial charge in [-0.05, 0) is 36.2 Å².